The first-order chi connectivity index (χ1) is 33.4. The molecule has 7 amide bonds. The molecule has 0 bridgehead atoms. The van der Waals surface area contributed by atoms with Gasteiger partial charge in [-0.25, -0.2) is 4.98 Å². The minimum absolute atomic E-state index is 0.0143. The van der Waals surface area contributed by atoms with E-state index in [-0.39, 0.29) is 120 Å². The summed E-state index contributed by atoms with van der Waals surface area (Å²) in [7, 11) is 0. The van der Waals surface area contributed by atoms with Crippen molar-refractivity contribution >= 4 is 65.9 Å². The van der Waals surface area contributed by atoms with Gasteiger partial charge in [-0.15, -0.1) is 0 Å². The van der Waals surface area contributed by atoms with Crippen molar-refractivity contribution in [2.75, 3.05) is 71.2 Å². The van der Waals surface area contributed by atoms with Gasteiger partial charge in [-0.05, 0) is 83.6 Å². The quantitative estimate of drug-likeness (QED) is 0.0128. The molecular formula is C43H82N18O8S. The number of nitrogens with two attached hydrogens (primary N) is 8. The number of hydrogen-bond acceptors (Lipinski definition) is 15. The molecule has 0 aliphatic carbocycles. The number of amides is 7. The maximum absolute atomic E-state index is 14.4. The van der Waals surface area contributed by atoms with Crippen LogP contribution >= 0.6 is 12.6 Å². The average Bonchev–Trinajstić information content (AvgIpc) is 3.83. The Bertz CT molecular complexity index is 1780. The fraction of sp³-hybridized carbons (Fsp3) is 0.721. The number of unbranched alkanes of at least 4 members (excludes halogenated alkanes) is 4. The Hall–Kier alpha value is -5.77. The van der Waals surface area contributed by atoms with Gasteiger partial charge in [0.2, 0.25) is 41.4 Å². The molecule has 1 aromatic heterocycles. The van der Waals surface area contributed by atoms with Gasteiger partial charge in [0.15, 0.2) is 11.9 Å². The summed E-state index contributed by atoms with van der Waals surface area (Å²) in [5.74, 6) is -3.79. The second-order valence-electron chi connectivity index (χ2n) is 16.7. The van der Waals surface area contributed by atoms with Crippen molar-refractivity contribution in [1.82, 2.24) is 40.6 Å². The van der Waals surface area contributed by atoms with Gasteiger partial charge in [-0.2, -0.15) is 12.6 Å². The number of primary amides is 1. The highest BCUT2D eigenvalue weighted by molar-refractivity contribution is 7.80. The molecule has 0 radical (unpaired) electrons. The highest BCUT2D eigenvalue weighted by Crippen LogP contribution is 2.16. The van der Waals surface area contributed by atoms with Crippen molar-refractivity contribution in [1.29, 1.82) is 0 Å². The van der Waals surface area contributed by atoms with Crippen molar-refractivity contribution < 1.29 is 38.7 Å². The summed E-state index contributed by atoms with van der Waals surface area (Å²) < 4.78 is 0. The lowest BCUT2D eigenvalue weighted by Crippen LogP contribution is -2.56. The smallest absolute Gasteiger partial charge is 0.243 e. The number of thiol groups is 1. The molecule has 21 N–H and O–H groups in total. The molecule has 0 saturated carbocycles. The van der Waals surface area contributed by atoms with Gasteiger partial charge in [0.1, 0.15) is 24.2 Å². The first kappa shape index (κ1) is 62.2. The van der Waals surface area contributed by atoms with E-state index in [9.17, 15) is 38.7 Å². The molecule has 0 fully saturated rings. The van der Waals surface area contributed by atoms with Gasteiger partial charge in [0.25, 0.3) is 0 Å². The normalized spacial score (nSPS) is 13.1. The van der Waals surface area contributed by atoms with Crippen LogP contribution in [0.5, 0.6) is 0 Å². The van der Waals surface area contributed by atoms with Gasteiger partial charge in [-0.1, -0.05) is 6.42 Å². The lowest BCUT2D eigenvalue weighted by atomic mass is 10.1. The number of aromatic amines is 1. The van der Waals surface area contributed by atoms with Crippen LogP contribution < -0.4 is 61.8 Å². The zero-order valence-electron chi connectivity index (χ0n) is 40.8. The van der Waals surface area contributed by atoms with E-state index in [2.05, 4.69) is 48.5 Å². The largest absolute Gasteiger partial charge is 0.391 e. The standard InChI is InChI=1S/C43H82N18O8S/c1-29(62)37(46)41(69)55-21-23-60(36(65)14-25-70)32(11-9-18-57-43(50)51)39(67)53-20-24-61(35(64)12-3-2-6-15-44)33(26-30-27-52-28-58-30)40(68)54-19-22-59(31(38(47)66)10-4-7-16-45)34(63)13-5-8-17-56-42(48)49/h27-29,31-33,37,62,70H,2-26,44-46H2,1H3,(H2,47,66)(H,52,58)(H,53,67)(H,54,68)(H,55,69)(H4,48,49,56)(H4,50,51,57). The van der Waals surface area contributed by atoms with Crippen molar-refractivity contribution in [2.45, 2.75) is 127 Å². The molecule has 1 rings (SSSR count). The molecule has 0 aromatic carbocycles. The first-order valence-corrected chi connectivity index (χ1v) is 24.6. The number of aliphatic hydroxyl groups excluding tert-OH is 1. The van der Waals surface area contributed by atoms with E-state index in [1.807, 2.05) is 0 Å². The highest BCUT2D eigenvalue weighted by Gasteiger charge is 2.34. The molecule has 398 valence electrons. The Labute approximate surface area is 416 Å². The summed E-state index contributed by atoms with van der Waals surface area (Å²) >= 11 is 4.21. The predicted molar refractivity (Wildman–Crippen MR) is 270 cm³/mol. The van der Waals surface area contributed by atoms with Crippen LogP contribution in [-0.2, 0) is 40.0 Å². The molecule has 1 aromatic rings. The van der Waals surface area contributed by atoms with Crippen LogP contribution in [0.2, 0.25) is 0 Å². The number of aliphatic hydroxyl groups is 1. The zero-order chi connectivity index (χ0) is 52.4. The third-order valence-electron chi connectivity index (χ3n) is 11.1. The number of carbonyl (C=O) groups is 7. The first-order valence-electron chi connectivity index (χ1n) is 23.9. The molecule has 5 atom stereocenters. The number of aliphatic imine (C=N–C) groups is 2. The lowest BCUT2D eigenvalue weighted by Gasteiger charge is -2.34. The molecular weight excluding hydrogens is 929 g/mol. The van der Waals surface area contributed by atoms with Crippen LogP contribution in [0, 0.1) is 0 Å². The van der Waals surface area contributed by atoms with Crippen LogP contribution in [0.25, 0.3) is 0 Å². The number of nitrogens with one attached hydrogen (secondary N) is 4. The van der Waals surface area contributed by atoms with E-state index < -0.39 is 59.8 Å². The molecule has 26 nitrogen and oxygen atoms in total. The lowest BCUT2D eigenvalue weighted by molar-refractivity contribution is -0.142. The number of rotatable bonds is 39. The predicted octanol–water partition coefficient (Wildman–Crippen LogP) is -4.45. The maximum atomic E-state index is 14.4. The number of guanidine groups is 2. The fourth-order valence-corrected chi connectivity index (χ4v) is 7.55. The Morgan fingerprint density at radius 1 is 0.657 bits per heavy atom. The number of hydrogen-bond donors (Lipinski definition) is 14. The Kier molecular flexibility index (Phi) is 32.2. The summed E-state index contributed by atoms with van der Waals surface area (Å²) in [5.41, 5.74) is 45.4. The van der Waals surface area contributed by atoms with E-state index in [4.69, 9.17) is 45.9 Å². The third-order valence-corrected chi connectivity index (χ3v) is 11.4. The second kappa shape index (κ2) is 36.2. The summed E-state index contributed by atoms with van der Waals surface area (Å²) in [6.45, 7) is 1.90. The summed E-state index contributed by atoms with van der Waals surface area (Å²) in [6.07, 6.45) is 6.33. The monoisotopic (exact) mass is 1010 g/mol. The summed E-state index contributed by atoms with van der Waals surface area (Å²) in [5, 5.41) is 18.1. The number of imidazole rings is 1. The Balaban J connectivity index is 3.54. The molecule has 0 saturated heterocycles. The topological polar surface area (TPSA) is 447 Å². The molecule has 0 spiro atoms. The fourth-order valence-electron chi connectivity index (χ4n) is 7.36. The molecule has 0 aliphatic heterocycles. The minimum atomic E-state index is -1.22. The number of carbonyl (C=O) groups excluding carboxylic acids is 7. The van der Waals surface area contributed by atoms with Gasteiger partial charge in [0, 0.05) is 89.9 Å². The Morgan fingerprint density at radius 2 is 1.13 bits per heavy atom. The average molecular weight is 1010 g/mol. The van der Waals surface area contributed by atoms with Gasteiger partial charge in [0.05, 0.1) is 12.4 Å². The van der Waals surface area contributed by atoms with Gasteiger partial charge < -0.3 is 86.6 Å². The third kappa shape index (κ3) is 25.2. The number of H-pyrrole nitrogens is 1. The summed E-state index contributed by atoms with van der Waals surface area (Å²) in [4.78, 5) is 114. The SMILES string of the molecule is CC(O)C(N)C(=O)NCCN(C(=O)CCS)C(CCCN=C(N)N)C(=O)NCCN(C(=O)CCCCCN)C(Cc1cnc[nH]1)C(=O)NCCN(C(=O)CCCCN=C(N)N)C(CCCCN)C(N)=O. The van der Waals surface area contributed by atoms with Crippen LogP contribution in [0.4, 0.5) is 0 Å². The van der Waals surface area contributed by atoms with Crippen molar-refractivity contribution in [2.24, 2.45) is 55.9 Å². The van der Waals surface area contributed by atoms with Crippen LogP contribution in [0.1, 0.15) is 96.1 Å². The van der Waals surface area contributed by atoms with E-state index in [0.717, 1.165) is 0 Å². The molecule has 70 heavy (non-hydrogen) atoms. The molecule has 27 heteroatoms. The van der Waals surface area contributed by atoms with Crippen LogP contribution in [0.15, 0.2) is 22.5 Å². The van der Waals surface area contributed by atoms with Crippen molar-refractivity contribution in [3.05, 3.63) is 18.2 Å². The Morgan fingerprint density at radius 3 is 1.63 bits per heavy atom. The van der Waals surface area contributed by atoms with E-state index in [1.54, 1.807) is 0 Å². The minimum Gasteiger partial charge on any atom is -0.391 e. The van der Waals surface area contributed by atoms with E-state index in [0.29, 0.717) is 70.3 Å². The van der Waals surface area contributed by atoms with E-state index in [1.165, 1.54) is 34.1 Å². The highest BCUT2D eigenvalue weighted by atomic mass is 32.1. The molecule has 0 aliphatic rings. The van der Waals surface area contributed by atoms with Crippen molar-refractivity contribution in [3.63, 3.8) is 0 Å². The van der Waals surface area contributed by atoms with Crippen LogP contribution in [-0.4, -0.2) is 185 Å². The second-order valence-corrected chi connectivity index (χ2v) is 17.1. The molecule has 1 heterocycles. The van der Waals surface area contributed by atoms with Crippen LogP contribution in [0.3, 0.4) is 0 Å². The maximum Gasteiger partial charge on any atom is 0.243 e. The van der Waals surface area contributed by atoms with E-state index >= 15 is 0 Å². The molecule has 5 unspecified atom stereocenters. The van der Waals surface area contributed by atoms with Crippen molar-refractivity contribution in [3.8, 4) is 0 Å². The van der Waals surface area contributed by atoms with Gasteiger partial charge in [-0.3, -0.25) is 43.5 Å². The summed E-state index contributed by atoms with van der Waals surface area (Å²) in [6, 6.07) is -4.45. The number of aromatic nitrogens is 2. The van der Waals surface area contributed by atoms with Gasteiger partial charge >= 0.3 is 0 Å². The number of nitrogens with zero attached hydrogens (tertiary/aromatic N) is 6. The zero-order valence-corrected chi connectivity index (χ0v) is 41.7.